The van der Waals surface area contributed by atoms with Crippen molar-refractivity contribution in [3.63, 3.8) is 0 Å². The maximum Gasteiger partial charge on any atom is 0.224 e. The summed E-state index contributed by atoms with van der Waals surface area (Å²) in [5, 5.41) is 14.8. The summed E-state index contributed by atoms with van der Waals surface area (Å²) in [5.41, 5.74) is 3.34. The molecule has 5 nitrogen and oxygen atoms in total. The molecule has 0 aliphatic heterocycles. The van der Waals surface area contributed by atoms with Crippen LogP contribution in [0.1, 0.15) is 23.7 Å². The highest BCUT2D eigenvalue weighted by molar-refractivity contribution is 6.28. The molecule has 0 amide bonds. The van der Waals surface area contributed by atoms with Crippen molar-refractivity contribution in [3.8, 4) is 11.9 Å². The van der Waals surface area contributed by atoms with Crippen molar-refractivity contribution in [2.45, 2.75) is 20.3 Å². The minimum absolute atomic E-state index is 0.186. The number of nitriles is 1. The van der Waals surface area contributed by atoms with Gasteiger partial charge in [0.05, 0.1) is 22.8 Å². The molecular formula is C15H12ClN5. The van der Waals surface area contributed by atoms with Crippen LogP contribution in [0.4, 0.5) is 0 Å². The summed E-state index contributed by atoms with van der Waals surface area (Å²) in [6, 6.07) is 7.67. The topological polar surface area (TPSA) is 67.4 Å². The highest BCUT2D eigenvalue weighted by atomic mass is 35.5. The Kier molecular flexibility index (Phi) is 3.32. The lowest BCUT2D eigenvalue weighted by Gasteiger charge is -2.05. The zero-order chi connectivity index (χ0) is 15.0. The monoisotopic (exact) mass is 297 g/mol. The predicted molar refractivity (Wildman–Crippen MR) is 80.5 cm³/mol. The van der Waals surface area contributed by atoms with Gasteiger partial charge >= 0.3 is 0 Å². The Morgan fingerprint density at radius 2 is 2.19 bits per heavy atom. The van der Waals surface area contributed by atoms with Crippen molar-refractivity contribution in [1.29, 1.82) is 5.26 Å². The fourth-order valence-electron chi connectivity index (χ4n) is 2.30. The van der Waals surface area contributed by atoms with E-state index in [9.17, 15) is 0 Å². The normalized spacial score (nSPS) is 10.8. The Labute approximate surface area is 126 Å². The van der Waals surface area contributed by atoms with Crippen LogP contribution >= 0.6 is 11.6 Å². The molecule has 0 unspecified atom stereocenters. The average Bonchev–Trinajstić information content (AvgIpc) is 2.87. The number of aromatic nitrogens is 4. The van der Waals surface area contributed by atoms with E-state index in [1.807, 2.05) is 26.0 Å². The molecule has 0 aliphatic carbocycles. The number of fused-ring (bicyclic) bond motifs is 1. The molecule has 0 atom stereocenters. The number of hydrogen-bond donors (Lipinski definition) is 0. The summed E-state index contributed by atoms with van der Waals surface area (Å²) >= 11 is 5.90. The molecule has 0 fully saturated rings. The molecule has 0 bridgehead atoms. The number of rotatable bonds is 2. The van der Waals surface area contributed by atoms with E-state index in [0.717, 1.165) is 28.6 Å². The molecule has 3 aromatic rings. The zero-order valence-corrected chi connectivity index (χ0v) is 12.4. The van der Waals surface area contributed by atoms with Gasteiger partial charge in [-0.25, -0.2) is 9.67 Å². The van der Waals surface area contributed by atoms with Gasteiger partial charge in [-0.05, 0) is 43.1 Å². The molecule has 0 spiro atoms. The summed E-state index contributed by atoms with van der Waals surface area (Å²) in [4.78, 5) is 8.24. The number of aryl methyl sites for hydroxylation is 2. The smallest absolute Gasteiger partial charge is 0.224 e. The maximum absolute atomic E-state index is 9.05. The quantitative estimate of drug-likeness (QED) is 0.681. The molecule has 6 heteroatoms. The number of nitrogens with zero attached hydrogens (tertiary/aromatic N) is 5. The van der Waals surface area contributed by atoms with Gasteiger partial charge in [0, 0.05) is 17.1 Å². The number of benzene rings is 1. The minimum Gasteiger partial charge on any atom is -0.226 e. The Morgan fingerprint density at radius 1 is 1.38 bits per heavy atom. The molecule has 0 saturated carbocycles. The van der Waals surface area contributed by atoms with Crippen LogP contribution in [0.15, 0.2) is 24.4 Å². The van der Waals surface area contributed by atoms with Crippen molar-refractivity contribution >= 4 is 22.5 Å². The molecule has 1 aromatic carbocycles. The van der Waals surface area contributed by atoms with Gasteiger partial charge in [-0.2, -0.15) is 15.3 Å². The van der Waals surface area contributed by atoms with E-state index in [1.165, 1.54) is 0 Å². The summed E-state index contributed by atoms with van der Waals surface area (Å²) in [6.45, 7) is 3.94. The molecule has 0 N–H and O–H groups in total. The highest BCUT2D eigenvalue weighted by Gasteiger charge is 2.14. The second-order valence-corrected chi connectivity index (χ2v) is 5.04. The molecule has 0 radical (unpaired) electrons. The summed E-state index contributed by atoms with van der Waals surface area (Å²) in [6.07, 6.45) is 2.45. The fraction of sp³-hybridized carbons (Fsp3) is 0.200. The molecule has 0 saturated heterocycles. The first kappa shape index (κ1) is 13.5. The van der Waals surface area contributed by atoms with Gasteiger partial charge in [0.15, 0.2) is 5.82 Å². The van der Waals surface area contributed by atoms with Crippen LogP contribution in [-0.2, 0) is 6.42 Å². The Balaban J connectivity index is 2.33. The minimum atomic E-state index is 0.186. The van der Waals surface area contributed by atoms with Crippen LogP contribution in [0.3, 0.4) is 0 Å². The lowest BCUT2D eigenvalue weighted by molar-refractivity contribution is 0.823. The van der Waals surface area contributed by atoms with Crippen molar-refractivity contribution in [2.75, 3.05) is 0 Å². The van der Waals surface area contributed by atoms with Crippen LogP contribution in [-0.4, -0.2) is 19.7 Å². The van der Waals surface area contributed by atoms with Crippen molar-refractivity contribution < 1.29 is 0 Å². The van der Waals surface area contributed by atoms with Gasteiger partial charge in [-0.15, -0.1) is 0 Å². The lowest BCUT2D eigenvalue weighted by Crippen LogP contribution is -2.04. The molecule has 2 heterocycles. The van der Waals surface area contributed by atoms with E-state index < -0.39 is 0 Å². The first-order valence-corrected chi connectivity index (χ1v) is 6.93. The standard InChI is InChI=1S/C15H12ClN5/c1-3-12-11-6-10(7-17)4-5-13(11)21(20-12)14-9(2)8-18-15(16)19-14/h4-6,8H,3H2,1-2H3. The van der Waals surface area contributed by atoms with Crippen molar-refractivity contribution in [3.05, 3.63) is 46.5 Å². The van der Waals surface area contributed by atoms with E-state index in [-0.39, 0.29) is 5.28 Å². The van der Waals surface area contributed by atoms with E-state index >= 15 is 0 Å². The molecular weight excluding hydrogens is 286 g/mol. The highest BCUT2D eigenvalue weighted by Crippen LogP contribution is 2.24. The third-order valence-corrected chi connectivity index (χ3v) is 3.52. The van der Waals surface area contributed by atoms with E-state index in [1.54, 1.807) is 16.9 Å². The molecule has 0 aliphatic rings. The third kappa shape index (κ3) is 2.24. The largest absolute Gasteiger partial charge is 0.226 e. The third-order valence-electron chi connectivity index (χ3n) is 3.34. The van der Waals surface area contributed by atoms with Crippen LogP contribution < -0.4 is 0 Å². The first-order chi connectivity index (χ1) is 10.1. The van der Waals surface area contributed by atoms with E-state index in [2.05, 4.69) is 21.1 Å². The summed E-state index contributed by atoms with van der Waals surface area (Å²) in [5.74, 6) is 0.657. The Hall–Kier alpha value is -2.45. The lowest BCUT2D eigenvalue weighted by atomic mass is 10.1. The first-order valence-electron chi connectivity index (χ1n) is 6.55. The van der Waals surface area contributed by atoms with E-state index in [0.29, 0.717) is 11.4 Å². The SMILES string of the molecule is CCc1nn(-c2nc(Cl)ncc2C)c2ccc(C#N)cc12. The fourth-order valence-corrected chi connectivity index (χ4v) is 2.43. The molecule has 3 rings (SSSR count). The van der Waals surface area contributed by atoms with Crippen molar-refractivity contribution in [1.82, 2.24) is 19.7 Å². The van der Waals surface area contributed by atoms with Gasteiger partial charge in [0.1, 0.15) is 0 Å². The van der Waals surface area contributed by atoms with Crippen LogP contribution in [0.2, 0.25) is 5.28 Å². The predicted octanol–water partition coefficient (Wildman–Crippen LogP) is 3.21. The van der Waals surface area contributed by atoms with Gasteiger partial charge in [-0.1, -0.05) is 6.92 Å². The van der Waals surface area contributed by atoms with Crippen molar-refractivity contribution in [2.24, 2.45) is 0 Å². The van der Waals surface area contributed by atoms with Crippen LogP contribution in [0.5, 0.6) is 0 Å². The second-order valence-electron chi connectivity index (χ2n) is 4.70. The second kappa shape index (κ2) is 5.15. The van der Waals surface area contributed by atoms with E-state index in [4.69, 9.17) is 16.9 Å². The van der Waals surface area contributed by atoms with Gasteiger partial charge < -0.3 is 0 Å². The maximum atomic E-state index is 9.05. The van der Waals surface area contributed by atoms with Crippen LogP contribution in [0.25, 0.3) is 16.7 Å². The molecule has 104 valence electrons. The molecule has 21 heavy (non-hydrogen) atoms. The zero-order valence-electron chi connectivity index (χ0n) is 11.6. The van der Waals surface area contributed by atoms with Gasteiger partial charge in [-0.3, -0.25) is 0 Å². The number of hydrogen-bond acceptors (Lipinski definition) is 4. The summed E-state index contributed by atoms with van der Waals surface area (Å²) in [7, 11) is 0. The number of halogens is 1. The van der Waals surface area contributed by atoms with Gasteiger partial charge in [0.2, 0.25) is 5.28 Å². The van der Waals surface area contributed by atoms with Gasteiger partial charge in [0.25, 0.3) is 0 Å². The van der Waals surface area contributed by atoms with Crippen LogP contribution in [0, 0.1) is 18.3 Å². The molecule has 2 aromatic heterocycles. The Bertz CT molecular complexity index is 876. The average molecular weight is 298 g/mol. The summed E-state index contributed by atoms with van der Waals surface area (Å²) < 4.78 is 1.76. The Morgan fingerprint density at radius 3 is 2.90 bits per heavy atom.